The van der Waals surface area contributed by atoms with Gasteiger partial charge in [0, 0.05) is 12.6 Å². The van der Waals surface area contributed by atoms with E-state index >= 15 is 0 Å². The summed E-state index contributed by atoms with van der Waals surface area (Å²) < 4.78 is 31.7. The molecule has 0 amide bonds. The Bertz CT molecular complexity index is 583. The Hall–Kier alpha value is -0.480. The third kappa shape index (κ3) is 4.26. The summed E-state index contributed by atoms with van der Waals surface area (Å²) in [5, 5.41) is 0. The predicted molar refractivity (Wildman–Crippen MR) is 81.4 cm³/mol. The van der Waals surface area contributed by atoms with Gasteiger partial charge in [0.25, 0.3) is 0 Å². The van der Waals surface area contributed by atoms with Gasteiger partial charge in [0.05, 0.1) is 10.9 Å². The number of halogens is 1. The third-order valence-electron chi connectivity index (χ3n) is 2.70. The van der Waals surface area contributed by atoms with Crippen LogP contribution in [0.25, 0.3) is 0 Å². The van der Waals surface area contributed by atoms with Crippen molar-refractivity contribution in [1.29, 1.82) is 0 Å². The van der Waals surface area contributed by atoms with Gasteiger partial charge in [0.15, 0.2) is 0 Å². The highest BCUT2D eigenvalue weighted by Gasteiger charge is 2.24. The van der Waals surface area contributed by atoms with Crippen LogP contribution in [0.2, 0.25) is 0 Å². The number of hydrogen-bond acceptors (Lipinski definition) is 6. The molecule has 1 atom stereocenters. The summed E-state index contributed by atoms with van der Waals surface area (Å²) in [4.78, 5) is 11.6. The quantitative estimate of drug-likeness (QED) is 0.725. The molecule has 0 saturated heterocycles. The van der Waals surface area contributed by atoms with Crippen LogP contribution in [0, 0.1) is 5.92 Å². The van der Waals surface area contributed by atoms with Crippen molar-refractivity contribution in [3.8, 4) is 0 Å². The smallest absolute Gasteiger partial charge is 0.348 e. The van der Waals surface area contributed by atoms with E-state index in [9.17, 15) is 13.2 Å². The number of rotatable bonds is 6. The van der Waals surface area contributed by atoms with Gasteiger partial charge in [0.1, 0.15) is 9.77 Å². The maximum absolute atomic E-state index is 12.2. The van der Waals surface area contributed by atoms with Crippen LogP contribution in [0.4, 0.5) is 0 Å². The monoisotopic (exact) mass is 384 g/mol. The van der Waals surface area contributed by atoms with E-state index < -0.39 is 16.0 Å². The zero-order valence-corrected chi connectivity index (χ0v) is 14.6. The second-order valence-corrected chi connectivity index (χ2v) is 8.61. The molecule has 0 fully saturated rings. The number of sulfonamides is 1. The highest BCUT2D eigenvalue weighted by molar-refractivity contribution is 9.11. The van der Waals surface area contributed by atoms with Gasteiger partial charge in [-0.1, -0.05) is 13.8 Å². The first kappa shape index (κ1) is 17.6. The fourth-order valence-electron chi connectivity index (χ4n) is 1.26. The molecule has 114 valence electrons. The van der Waals surface area contributed by atoms with Crippen molar-refractivity contribution in [2.45, 2.75) is 24.8 Å². The molecule has 20 heavy (non-hydrogen) atoms. The van der Waals surface area contributed by atoms with Crippen LogP contribution in [0.3, 0.4) is 0 Å². The van der Waals surface area contributed by atoms with Crippen molar-refractivity contribution >= 4 is 43.3 Å². The van der Waals surface area contributed by atoms with Crippen molar-refractivity contribution in [2.75, 3.05) is 13.7 Å². The molecule has 1 aromatic rings. The van der Waals surface area contributed by atoms with Crippen molar-refractivity contribution in [3.05, 3.63) is 14.7 Å². The standard InChI is InChI=1S/C11H17BrN2O4S2/c1-6(2)7(13)5-14-20(16,17)9-4-8(11(15)18-3)19-10(9)12/h4,6-7,14H,5,13H2,1-3H3. The normalized spacial score (nSPS) is 13.5. The lowest BCUT2D eigenvalue weighted by atomic mass is 10.1. The van der Waals surface area contributed by atoms with Crippen molar-refractivity contribution < 1.29 is 17.9 Å². The van der Waals surface area contributed by atoms with Gasteiger partial charge in [-0.3, -0.25) is 0 Å². The number of thiophene rings is 1. The number of carbonyl (C=O) groups is 1. The van der Waals surface area contributed by atoms with Crippen LogP contribution in [0.15, 0.2) is 14.7 Å². The van der Waals surface area contributed by atoms with Crippen LogP contribution in [-0.2, 0) is 14.8 Å². The molecule has 0 saturated carbocycles. The average molecular weight is 385 g/mol. The second-order valence-electron chi connectivity index (χ2n) is 4.50. The molecule has 3 N–H and O–H groups in total. The Morgan fingerprint density at radius 2 is 2.15 bits per heavy atom. The molecule has 1 heterocycles. The minimum Gasteiger partial charge on any atom is -0.465 e. The van der Waals surface area contributed by atoms with Gasteiger partial charge in [0.2, 0.25) is 10.0 Å². The number of carbonyl (C=O) groups excluding carboxylic acids is 1. The molecule has 1 aromatic heterocycles. The lowest BCUT2D eigenvalue weighted by Crippen LogP contribution is -2.40. The van der Waals surface area contributed by atoms with E-state index in [4.69, 9.17) is 5.73 Å². The summed E-state index contributed by atoms with van der Waals surface area (Å²) in [5.74, 6) is -0.412. The molecule has 0 aliphatic carbocycles. The Morgan fingerprint density at radius 3 is 2.65 bits per heavy atom. The Balaban J connectivity index is 2.93. The molecule has 0 radical (unpaired) electrons. The van der Waals surface area contributed by atoms with Gasteiger partial charge in [-0.2, -0.15) is 0 Å². The van der Waals surface area contributed by atoms with Crippen molar-refractivity contribution in [1.82, 2.24) is 4.72 Å². The average Bonchev–Trinajstić information content (AvgIpc) is 2.77. The summed E-state index contributed by atoms with van der Waals surface area (Å²) in [5.41, 5.74) is 5.80. The van der Waals surface area contributed by atoms with Gasteiger partial charge in [-0.15, -0.1) is 11.3 Å². The summed E-state index contributed by atoms with van der Waals surface area (Å²) in [7, 11) is -2.47. The fraction of sp³-hybridized carbons (Fsp3) is 0.545. The first-order valence-corrected chi connectivity index (χ1v) is 8.91. The summed E-state index contributed by atoms with van der Waals surface area (Å²) >= 11 is 4.15. The van der Waals surface area contributed by atoms with Crippen LogP contribution in [0.5, 0.6) is 0 Å². The van der Waals surface area contributed by atoms with Gasteiger partial charge in [-0.25, -0.2) is 17.9 Å². The Labute approximate surface area is 130 Å². The largest absolute Gasteiger partial charge is 0.465 e. The number of esters is 1. The molecule has 0 aromatic carbocycles. The zero-order valence-electron chi connectivity index (χ0n) is 11.3. The Morgan fingerprint density at radius 1 is 1.55 bits per heavy atom. The van der Waals surface area contributed by atoms with Gasteiger partial charge in [-0.05, 0) is 27.9 Å². The van der Waals surface area contributed by atoms with E-state index in [0.717, 1.165) is 11.3 Å². The maximum Gasteiger partial charge on any atom is 0.348 e. The number of ether oxygens (including phenoxy) is 1. The Kier molecular flexibility index (Phi) is 6.14. The van der Waals surface area contributed by atoms with Crippen molar-refractivity contribution in [3.63, 3.8) is 0 Å². The van der Waals surface area contributed by atoms with Crippen LogP contribution in [0.1, 0.15) is 23.5 Å². The number of hydrogen-bond donors (Lipinski definition) is 2. The molecular weight excluding hydrogens is 368 g/mol. The predicted octanol–water partition coefficient (Wildman–Crippen LogP) is 1.56. The molecule has 6 nitrogen and oxygen atoms in total. The lowest BCUT2D eigenvalue weighted by molar-refractivity contribution is 0.0606. The van der Waals surface area contributed by atoms with E-state index in [-0.39, 0.29) is 28.3 Å². The lowest BCUT2D eigenvalue weighted by Gasteiger charge is -2.16. The highest BCUT2D eigenvalue weighted by atomic mass is 79.9. The number of nitrogens with two attached hydrogens (primary N) is 1. The van der Waals surface area contributed by atoms with Gasteiger partial charge < -0.3 is 10.5 Å². The highest BCUT2D eigenvalue weighted by Crippen LogP contribution is 2.31. The topological polar surface area (TPSA) is 98.5 Å². The van der Waals surface area contributed by atoms with E-state index in [1.807, 2.05) is 13.8 Å². The number of nitrogens with one attached hydrogen (secondary N) is 1. The molecular formula is C11H17BrN2O4S2. The fourth-order valence-corrected chi connectivity index (χ4v) is 4.81. The summed E-state index contributed by atoms with van der Waals surface area (Å²) in [6, 6.07) is 1.01. The SMILES string of the molecule is COC(=O)c1cc(S(=O)(=O)NCC(N)C(C)C)c(Br)s1. The van der Waals surface area contributed by atoms with E-state index in [1.165, 1.54) is 13.2 Å². The summed E-state index contributed by atoms with van der Waals surface area (Å²) in [6.07, 6.45) is 0. The molecule has 0 bridgehead atoms. The van der Waals surface area contributed by atoms with E-state index in [2.05, 4.69) is 25.4 Å². The van der Waals surface area contributed by atoms with E-state index in [1.54, 1.807) is 0 Å². The minimum absolute atomic E-state index is 0.0128. The third-order valence-corrected chi connectivity index (χ3v) is 6.35. The van der Waals surface area contributed by atoms with Crippen LogP contribution < -0.4 is 10.5 Å². The van der Waals surface area contributed by atoms with Crippen LogP contribution in [-0.4, -0.2) is 34.1 Å². The first-order chi connectivity index (χ1) is 9.19. The van der Waals surface area contributed by atoms with Crippen LogP contribution >= 0.6 is 27.3 Å². The first-order valence-electron chi connectivity index (χ1n) is 5.82. The van der Waals surface area contributed by atoms with Crippen molar-refractivity contribution in [2.24, 2.45) is 11.7 Å². The second kappa shape index (κ2) is 6.99. The molecule has 0 spiro atoms. The molecule has 0 aliphatic heterocycles. The van der Waals surface area contributed by atoms with Gasteiger partial charge >= 0.3 is 5.97 Å². The molecule has 1 rings (SSSR count). The summed E-state index contributed by atoms with van der Waals surface area (Å²) in [6.45, 7) is 3.96. The van der Waals surface area contributed by atoms with E-state index in [0.29, 0.717) is 3.79 Å². The minimum atomic E-state index is -3.71. The maximum atomic E-state index is 12.2. The molecule has 9 heteroatoms. The molecule has 0 aliphatic rings. The zero-order chi connectivity index (χ0) is 15.5. The molecule has 1 unspecified atom stereocenters. The number of methoxy groups -OCH3 is 1.